The number of allylic oxidation sites excluding steroid dienone is 2. The van der Waals surface area contributed by atoms with E-state index in [4.69, 9.17) is 0 Å². The zero-order chi connectivity index (χ0) is 14.6. The molecular formula is C16H20FNS. The normalized spacial score (nSPS) is 12.7. The van der Waals surface area contributed by atoms with E-state index in [9.17, 15) is 4.39 Å². The summed E-state index contributed by atoms with van der Waals surface area (Å²) < 4.78 is 14.0. The highest BCUT2D eigenvalue weighted by molar-refractivity contribution is 7.80. The van der Waals surface area contributed by atoms with Crippen molar-refractivity contribution in [3.8, 4) is 0 Å². The number of benzene rings is 1. The third kappa shape index (κ3) is 3.80. The molecule has 1 rings (SSSR count). The first-order valence-corrected chi connectivity index (χ1v) is 6.71. The molecule has 19 heavy (non-hydrogen) atoms. The van der Waals surface area contributed by atoms with Gasteiger partial charge in [-0.1, -0.05) is 25.6 Å². The van der Waals surface area contributed by atoms with Crippen molar-refractivity contribution in [1.82, 2.24) is 0 Å². The van der Waals surface area contributed by atoms with Crippen LogP contribution in [0.3, 0.4) is 0 Å². The van der Waals surface area contributed by atoms with Crippen molar-refractivity contribution in [2.24, 2.45) is 4.99 Å². The van der Waals surface area contributed by atoms with Crippen molar-refractivity contribution in [3.63, 3.8) is 0 Å². The van der Waals surface area contributed by atoms with E-state index in [1.807, 2.05) is 33.8 Å². The molecule has 0 aliphatic rings. The van der Waals surface area contributed by atoms with Gasteiger partial charge in [0, 0.05) is 16.8 Å². The lowest BCUT2D eigenvalue weighted by molar-refractivity contribution is 0.586. The minimum absolute atomic E-state index is 0.239. The molecule has 0 unspecified atom stereocenters. The van der Waals surface area contributed by atoms with Gasteiger partial charge in [0.1, 0.15) is 5.82 Å². The lowest BCUT2D eigenvalue weighted by atomic mass is 10.0. The molecule has 0 atom stereocenters. The van der Waals surface area contributed by atoms with Crippen LogP contribution in [0.25, 0.3) is 5.57 Å². The molecule has 102 valence electrons. The van der Waals surface area contributed by atoms with Gasteiger partial charge < -0.3 is 0 Å². The van der Waals surface area contributed by atoms with Gasteiger partial charge in [-0.25, -0.2) is 4.39 Å². The van der Waals surface area contributed by atoms with Gasteiger partial charge in [-0.2, -0.15) is 0 Å². The van der Waals surface area contributed by atoms with Crippen LogP contribution in [0.4, 0.5) is 4.39 Å². The van der Waals surface area contributed by atoms with Gasteiger partial charge in [0.25, 0.3) is 0 Å². The maximum Gasteiger partial charge on any atom is 0.140 e. The Hall–Kier alpha value is -1.35. The van der Waals surface area contributed by atoms with Crippen LogP contribution in [0.2, 0.25) is 0 Å². The summed E-state index contributed by atoms with van der Waals surface area (Å²) in [6.07, 6.45) is 2.39. The van der Waals surface area contributed by atoms with E-state index in [0.717, 1.165) is 22.4 Å². The molecule has 0 saturated heterocycles. The largest absolute Gasteiger partial charge is 0.261 e. The fraction of sp³-hybridized carbons (Fsp3) is 0.312. The molecule has 1 aromatic carbocycles. The number of aryl methyl sites for hydroxylation is 1. The topological polar surface area (TPSA) is 12.4 Å². The third-order valence-corrected chi connectivity index (χ3v) is 3.51. The summed E-state index contributed by atoms with van der Waals surface area (Å²) in [6, 6.07) is 3.69. The summed E-state index contributed by atoms with van der Waals surface area (Å²) in [6.45, 7) is 11.5. The van der Waals surface area contributed by atoms with Gasteiger partial charge in [-0.3, -0.25) is 4.99 Å². The highest BCUT2D eigenvalue weighted by Crippen LogP contribution is 2.27. The van der Waals surface area contributed by atoms with Gasteiger partial charge in [-0.05, 0) is 49.5 Å². The summed E-state index contributed by atoms with van der Waals surface area (Å²) in [7, 11) is 0. The van der Waals surface area contributed by atoms with Gasteiger partial charge in [0.2, 0.25) is 0 Å². The Bertz CT molecular complexity index is 556. The number of halogens is 1. The smallest absolute Gasteiger partial charge is 0.140 e. The molecule has 0 N–H and O–H groups in total. The molecule has 0 heterocycles. The van der Waals surface area contributed by atoms with Crippen molar-refractivity contribution in [3.05, 3.63) is 47.4 Å². The monoisotopic (exact) mass is 277 g/mol. The Morgan fingerprint density at radius 3 is 2.53 bits per heavy atom. The number of aliphatic imine (C=N–C) groups is 1. The Labute approximate surface area is 120 Å². The quantitative estimate of drug-likeness (QED) is 0.582. The molecule has 0 radical (unpaired) electrons. The van der Waals surface area contributed by atoms with Crippen molar-refractivity contribution in [2.75, 3.05) is 0 Å². The summed E-state index contributed by atoms with van der Waals surface area (Å²) >= 11 is 4.28. The molecule has 0 aliphatic carbocycles. The summed E-state index contributed by atoms with van der Waals surface area (Å²) in [5.41, 5.74) is 4.12. The van der Waals surface area contributed by atoms with Crippen LogP contribution in [0.5, 0.6) is 0 Å². The molecule has 1 nitrogen and oxygen atoms in total. The van der Waals surface area contributed by atoms with Gasteiger partial charge >= 0.3 is 0 Å². The predicted molar refractivity (Wildman–Crippen MR) is 84.6 cm³/mol. The zero-order valence-corrected chi connectivity index (χ0v) is 12.8. The first-order valence-electron chi connectivity index (χ1n) is 6.26. The molecule has 0 fully saturated rings. The Kier molecular flexibility index (Phi) is 5.55. The van der Waals surface area contributed by atoms with E-state index >= 15 is 0 Å². The van der Waals surface area contributed by atoms with Crippen LogP contribution in [-0.4, -0.2) is 5.71 Å². The molecule has 0 amide bonds. The number of rotatable bonds is 4. The predicted octanol–water partition coefficient (Wildman–Crippen LogP) is 5.07. The second-order valence-electron chi connectivity index (χ2n) is 4.60. The summed E-state index contributed by atoms with van der Waals surface area (Å²) in [5.74, 6) is -0.239. The molecular weight excluding hydrogens is 257 g/mol. The zero-order valence-electron chi connectivity index (χ0n) is 11.9. The highest BCUT2D eigenvalue weighted by atomic mass is 32.1. The summed E-state index contributed by atoms with van der Waals surface area (Å²) in [4.78, 5) is 4.70. The van der Waals surface area contributed by atoms with Gasteiger partial charge in [0.05, 0.1) is 0 Å². The number of nitrogens with zero attached hydrogens (tertiary/aromatic N) is 1. The number of hydrogen-bond donors (Lipinski definition) is 1. The number of hydrogen-bond acceptors (Lipinski definition) is 2. The van der Waals surface area contributed by atoms with Gasteiger partial charge in [0.15, 0.2) is 0 Å². The maximum atomic E-state index is 14.0. The van der Waals surface area contributed by atoms with Crippen LogP contribution in [0.15, 0.2) is 40.4 Å². The second kappa shape index (κ2) is 6.71. The van der Waals surface area contributed by atoms with Crippen LogP contribution in [0, 0.1) is 5.82 Å². The Balaban J connectivity index is 3.17. The third-order valence-electron chi connectivity index (χ3n) is 3.07. The fourth-order valence-corrected chi connectivity index (χ4v) is 1.97. The van der Waals surface area contributed by atoms with Gasteiger partial charge in [-0.15, -0.1) is 12.6 Å². The molecule has 0 aliphatic heterocycles. The fourth-order valence-electron chi connectivity index (χ4n) is 1.57. The number of thiol groups is 1. The average molecular weight is 277 g/mol. The van der Waals surface area contributed by atoms with E-state index < -0.39 is 0 Å². The van der Waals surface area contributed by atoms with Crippen LogP contribution >= 0.6 is 12.6 Å². The standard InChI is InChI=1S/C16H20FNS/c1-6-13-7-8-14(16(19)15(13)17)11(4)9-18-12(5)10(2)3/h7-9,19H,2,6H2,1,3-5H3/b11-9+,18-12?. The second-order valence-corrected chi connectivity index (χ2v) is 5.04. The Morgan fingerprint density at radius 2 is 2.00 bits per heavy atom. The lowest BCUT2D eigenvalue weighted by Crippen LogP contribution is -1.94. The Morgan fingerprint density at radius 1 is 1.37 bits per heavy atom. The van der Waals surface area contributed by atoms with Crippen molar-refractivity contribution in [1.29, 1.82) is 0 Å². The first-order chi connectivity index (χ1) is 8.88. The molecule has 1 aromatic rings. The van der Waals surface area contributed by atoms with E-state index in [1.165, 1.54) is 0 Å². The van der Waals surface area contributed by atoms with E-state index in [-0.39, 0.29) is 5.82 Å². The molecule has 0 aromatic heterocycles. The van der Waals surface area contributed by atoms with E-state index in [0.29, 0.717) is 16.9 Å². The first kappa shape index (κ1) is 15.7. The molecule has 0 bridgehead atoms. The average Bonchev–Trinajstić information content (AvgIpc) is 2.38. The van der Waals surface area contributed by atoms with Crippen molar-refractivity contribution < 1.29 is 4.39 Å². The molecule has 0 saturated carbocycles. The van der Waals surface area contributed by atoms with E-state index in [1.54, 1.807) is 12.3 Å². The highest BCUT2D eigenvalue weighted by Gasteiger charge is 2.10. The maximum absolute atomic E-state index is 14.0. The van der Waals surface area contributed by atoms with Crippen molar-refractivity contribution in [2.45, 2.75) is 39.0 Å². The lowest BCUT2D eigenvalue weighted by Gasteiger charge is -2.09. The van der Waals surface area contributed by atoms with Crippen molar-refractivity contribution >= 4 is 23.9 Å². The van der Waals surface area contributed by atoms with Crippen LogP contribution in [-0.2, 0) is 6.42 Å². The SMILES string of the molecule is C=C(C)C(C)=N/C=C(\C)c1ccc(CC)c(F)c1S. The molecule has 0 spiro atoms. The van der Waals surface area contributed by atoms with Crippen LogP contribution in [0.1, 0.15) is 38.8 Å². The van der Waals surface area contributed by atoms with Crippen LogP contribution < -0.4 is 0 Å². The summed E-state index contributed by atoms with van der Waals surface area (Å²) in [5, 5.41) is 0. The minimum Gasteiger partial charge on any atom is -0.261 e. The van der Waals surface area contributed by atoms with E-state index in [2.05, 4.69) is 24.2 Å². The minimum atomic E-state index is -0.239. The molecule has 3 heteroatoms.